The highest BCUT2D eigenvalue weighted by atomic mass is 32.1. The van der Waals surface area contributed by atoms with Crippen molar-refractivity contribution in [2.45, 2.75) is 0 Å². The van der Waals surface area contributed by atoms with Gasteiger partial charge < -0.3 is 4.57 Å². The fraction of sp³-hybridized carbons (Fsp3) is 0. The second-order valence-corrected chi connectivity index (χ2v) is 12.5. The van der Waals surface area contributed by atoms with Crippen molar-refractivity contribution in [3.63, 3.8) is 0 Å². The third-order valence-electron chi connectivity index (χ3n) is 9.18. The molecule has 0 bridgehead atoms. The van der Waals surface area contributed by atoms with Gasteiger partial charge in [-0.05, 0) is 87.6 Å². The number of hydrogen-bond donors (Lipinski definition) is 0. The van der Waals surface area contributed by atoms with E-state index in [-0.39, 0.29) is 0 Å². The largest absolute Gasteiger partial charge is 0.309 e. The number of imidazole rings is 1. The Hall–Kier alpha value is -5.71. The van der Waals surface area contributed by atoms with Gasteiger partial charge >= 0.3 is 0 Å². The van der Waals surface area contributed by atoms with Crippen LogP contribution < -0.4 is 0 Å². The average molecular weight is 592 g/mol. The lowest BCUT2D eigenvalue weighted by atomic mass is 9.96. The zero-order valence-corrected chi connectivity index (χ0v) is 25.0. The molecule has 10 aromatic rings. The topological polar surface area (TPSA) is 22.8 Å². The van der Waals surface area contributed by atoms with Crippen molar-refractivity contribution in [2.24, 2.45) is 0 Å². The Labute approximate surface area is 262 Å². The lowest BCUT2D eigenvalue weighted by Gasteiger charge is -2.13. The van der Waals surface area contributed by atoms with Crippen LogP contribution in [0.5, 0.6) is 0 Å². The predicted octanol–water partition coefficient (Wildman–Crippen LogP) is 11.3. The van der Waals surface area contributed by atoms with E-state index in [1.807, 2.05) is 11.3 Å². The number of para-hydroxylation sites is 3. The van der Waals surface area contributed by atoms with Gasteiger partial charge in [0.2, 0.25) is 0 Å². The van der Waals surface area contributed by atoms with Gasteiger partial charge in [-0.15, -0.1) is 11.3 Å². The summed E-state index contributed by atoms with van der Waals surface area (Å²) in [5, 5.41) is 11.3. The summed E-state index contributed by atoms with van der Waals surface area (Å²) in [6, 6.07) is 52.4. The van der Waals surface area contributed by atoms with E-state index in [9.17, 15) is 0 Å². The molecule has 0 spiro atoms. The van der Waals surface area contributed by atoms with Crippen molar-refractivity contribution in [3.8, 4) is 22.8 Å². The molecule has 0 atom stereocenters. The van der Waals surface area contributed by atoms with Crippen LogP contribution in [-0.2, 0) is 0 Å². The zero-order chi connectivity index (χ0) is 29.5. The molecule has 0 amide bonds. The maximum Gasteiger partial charge on any atom is 0.145 e. The van der Waals surface area contributed by atoms with E-state index in [2.05, 4.69) is 160 Å². The van der Waals surface area contributed by atoms with E-state index in [0.29, 0.717) is 0 Å². The third kappa shape index (κ3) is 3.48. The first-order valence-electron chi connectivity index (χ1n) is 15.2. The molecule has 45 heavy (non-hydrogen) atoms. The SMILES string of the molecule is c1ccc(-n2c(-c3ccc(-n4c5ccc6ccsc6c5c5c6ccccc6c6ccccc6c54)cc3)nc3ccccc32)cc1. The Kier molecular flexibility index (Phi) is 5.16. The van der Waals surface area contributed by atoms with Crippen molar-refractivity contribution >= 4 is 75.8 Å². The molecule has 0 aliphatic heterocycles. The fourth-order valence-corrected chi connectivity index (χ4v) is 8.21. The normalized spacial score (nSPS) is 12.0. The van der Waals surface area contributed by atoms with Gasteiger partial charge in [0.05, 0.1) is 22.1 Å². The van der Waals surface area contributed by atoms with Gasteiger partial charge in [0, 0.05) is 37.8 Å². The van der Waals surface area contributed by atoms with Crippen molar-refractivity contribution in [3.05, 3.63) is 151 Å². The van der Waals surface area contributed by atoms with E-state index < -0.39 is 0 Å². The van der Waals surface area contributed by atoms with E-state index in [1.165, 1.54) is 53.4 Å². The molecular weight excluding hydrogens is 567 g/mol. The quantitative estimate of drug-likeness (QED) is 0.187. The number of benzene rings is 7. The van der Waals surface area contributed by atoms with Gasteiger partial charge in [-0.25, -0.2) is 4.98 Å². The van der Waals surface area contributed by atoms with Crippen LogP contribution in [0.1, 0.15) is 0 Å². The highest BCUT2D eigenvalue weighted by Gasteiger charge is 2.21. The van der Waals surface area contributed by atoms with E-state index in [1.54, 1.807) is 0 Å². The Balaban J connectivity index is 1.28. The van der Waals surface area contributed by atoms with Crippen LogP contribution in [0.4, 0.5) is 0 Å². The average Bonchev–Trinajstić information content (AvgIpc) is 3.83. The number of hydrogen-bond acceptors (Lipinski definition) is 2. The minimum atomic E-state index is 0.938. The minimum Gasteiger partial charge on any atom is -0.309 e. The molecule has 7 aromatic carbocycles. The van der Waals surface area contributed by atoms with Crippen LogP contribution >= 0.6 is 11.3 Å². The van der Waals surface area contributed by atoms with Gasteiger partial charge in [-0.3, -0.25) is 4.57 Å². The Morgan fingerprint density at radius 3 is 1.96 bits per heavy atom. The van der Waals surface area contributed by atoms with Crippen LogP contribution in [0.3, 0.4) is 0 Å². The first-order valence-corrected chi connectivity index (χ1v) is 16.1. The van der Waals surface area contributed by atoms with Crippen molar-refractivity contribution in [1.82, 2.24) is 14.1 Å². The molecule has 4 heteroatoms. The van der Waals surface area contributed by atoms with Crippen LogP contribution in [0.2, 0.25) is 0 Å². The summed E-state index contributed by atoms with van der Waals surface area (Å²) < 4.78 is 6.07. The second kappa shape index (κ2) is 9.39. The lowest BCUT2D eigenvalue weighted by Crippen LogP contribution is -1.98. The van der Waals surface area contributed by atoms with E-state index in [4.69, 9.17) is 4.98 Å². The molecule has 0 saturated heterocycles. The van der Waals surface area contributed by atoms with Crippen molar-refractivity contribution in [2.75, 3.05) is 0 Å². The summed E-state index contributed by atoms with van der Waals surface area (Å²) >= 11 is 1.83. The number of thiophene rings is 1. The summed E-state index contributed by atoms with van der Waals surface area (Å²) in [6.07, 6.45) is 0. The Bertz CT molecular complexity index is 2750. The van der Waals surface area contributed by atoms with Crippen molar-refractivity contribution in [1.29, 1.82) is 0 Å². The van der Waals surface area contributed by atoms with Gasteiger partial charge in [0.15, 0.2) is 0 Å². The maximum atomic E-state index is 5.11. The summed E-state index contributed by atoms with van der Waals surface area (Å²) in [7, 11) is 0. The monoisotopic (exact) mass is 591 g/mol. The van der Waals surface area contributed by atoms with E-state index >= 15 is 0 Å². The Morgan fingerprint density at radius 1 is 0.467 bits per heavy atom. The highest BCUT2D eigenvalue weighted by Crippen LogP contribution is 2.45. The second-order valence-electron chi connectivity index (χ2n) is 11.6. The molecule has 0 N–H and O–H groups in total. The molecule has 3 nitrogen and oxygen atoms in total. The van der Waals surface area contributed by atoms with E-state index in [0.717, 1.165) is 33.8 Å². The minimum absolute atomic E-state index is 0.938. The number of rotatable bonds is 3. The fourth-order valence-electron chi connectivity index (χ4n) is 7.26. The third-order valence-corrected chi connectivity index (χ3v) is 10.1. The number of nitrogens with zero attached hydrogens (tertiary/aromatic N) is 3. The summed E-state index contributed by atoms with van der Waals surface area (Å²) in [6.45, 7) is 0. The molecule has 0 aliphatic rings. The standard InChI is InChI=1S/C41H25N3S/c1-2-10-28(11-3-1)44-35-17-9-8-16-34(35)42-41(44)27-18-21-29(22-19-27)43-36-23-20-26-24-25-45-40(26)38(36)37-32-14-6-4-12-30(32)31-13-5-7-15-33(31)39(37)43/h1-25H. The van der Waals surface area contributed by atoms with Gasteiger partial charge in [0.25, 0.3) is 0 Å². The molecular formula is C41H25N3S. The predicted molar refractivity (Wildman–Crippen MR) is 191 cm³/mol. The van der Waals surface area contributed by atoms with Crippen LogP contribution in [0.25, 0.3) is 87.2 Å². The number of fused-ring (bicyclic) bond motifs is 11. The Morgan fingerprint density at radius 2 is 1.13 bits per heavy atom. The molecule has 0 aliphatic carbocycles. The molecule has 210 valence electrons. The molecule has 0 unspecified atom stereocenters. The van der Waals surface area contributed by atoms with Gasteiger partial charge in [-0.1, -0.05) is 84.9 Å². The van der Waals surface area contributed by atoms with Crippen LogP contribution in [0, 0.1) is 0 Å². The zero-order valence-electron chi connectivity index (χ0n) is 24.2. The molecule has 10 rings (SSSR count). The summed E-state index contributed by atoms with van der Waals surface area (Å²) in [5.74, 6) is 0.938. The highest BCUT2D eigenvalue weighted by molar-refractivity contribution is 7.18. The van der Waals surface area contributed by atoms with Crippen LogP contribution in [-0.4, -0.2) is 14.1 Å². The van der Waals surface area contributed by atoms with Gasteiger partial charge in [-0.2, -0.15) is 0 Å². The first kappa shape index (κ1) is 24.7. The molecule has 0 saturated carbocycles. The lowest BCUT2D eigenvalue weighted by molar-refractivity contribution is 1.10. The molecule has 0 radical (unpaired) electrons. The molecule has 3 aromatic heterocycles. The first-order chi connectivity index (χ1) is 22.3. The van der Waals surface area contributed by atoms with Gasteiger partial charge in [0.1, 0.15) is 5.82 Å². The van der Waals surface area contributed by atoms with Crippen LogP contribution in [0.15, 0.2) is 151 Å². The number of aromatic nitrogens is 3. The molecule has 3 heterocycles. The molecule has 0 fully saturated rings. The smallest absolute Gasteiger partial charge is 0.145 e. The van der Waals surface area contributed by atoms with Crippen molar-refractivity contribution < 1.29 is 0 Å². The summed E-state index contributed by atoms with van der Waals surface area (Å²) in [5.41, 5.74) is 7.89. The maximum absolute atomic E-state index is 5.11. The summed E-state index contributed by atoms with van der Waals surface area (Å²) in [4.78, 5) is 5.11.